The lowest BCUT2D eigenvalue weighted by Gasteiger charge is -2.11. The molecule has 0 aliphatic heterocycles. The molecule has 0 saturated heterocycles. The van der Waals surface area contributed by atoms with Gasteiger partial charge in [0.2, 0.25) is 0 Å². The monoisotopic (exact) mass is 278 g/mol. The van der Waals surface area contributed by atoms with Crippen molar-refractivity contribution in [3.8, 4) is 11.5 Å². The summed E-state index contributed by atoms with van der Waals surface area (Å²) in [7, 11) is 0. The fourth-order valence-corrected chi connectivity index (χ4v) is 1.66. The Morgan fingerprint density at radius 3 is 2.65 bits per heavy atom. The van der Waals surface area contributed by atoms with Gasteiger partial charge in [-0.05, 0) is 36.8 Å². The van der Waals surface area contributed by atoms with Crippen LogP contribution in [0.25, 0.3) is 0 Å². The van der Waals surface area contributed by atoms with Gasteiger partial charge in [-0.15, -0.1) is 0 Å². The fraction of sp³-hybridized carbons (Fsp3) is 0.0714. The molecule has 0 aliphatic rings. The number of amidine groups is 1. The highest BCUT2D eigenvalue weighted by atomic mass is 19.1. The quantitative estimate of drug-likeness (QED) is 0.392. The molecule has 104 valence electrons. The van der Waals surface area contributed by atoms with E-state index in [1.54, 1.807) is 19.1 Å². The van der Waals surface area contributed by atoms with Crippen LogP contribution in [-0.4, -0.2) is 11.0 Å². The van der Waals surface area contributed by atoms with E-state index in [9.17, 15) is 8.78 Å². The van der Waals surface area contributed by atoms with Gasteiger partial charge in [0.25, 0.3) is 0 Å². The molecular formula is C14H12F2N2O2. The van der Waals surface area contributed by atoms with Crippen molar-refractivity contribution < 1.29 is 18.7 Å². The highest BCUT2D eigenvalue weighted by Crippen LogP contribution is 2.29. The van der Waals surface area contributed by atoms with Gasteiger partial charge < -0.3 is 15.7 Å². The molecule has 0 radical (unpaired) electrons. The Bertz CT molecular complexity index is 672. The van der Waals surface area contributed by atoms with Gasteiger partial charge in [0.15, 0.2) is 17.4 Å². The molecule has 3 N–H and O–H groups in total. The molecule has 0 fully saturated rings. The molecular weight excluding hydrogens is 266 g/mol. The minimum atomic E-state index is -0.580. The highest BCUT2D eigenvalue weighted by Gasteiger charge is 2.13. The third kappa shape index (κ3) is 2.69. The van der Waals surface area contributed by atoms with E-state index in [0.29, 0.717) is 5.56 Å². The molecule has 4 nitrogen and oxygen atoms in total. The van der Waals surface area contributed by atoms with E-state index in [-0.39, 0.29) is 22.9 Å². The molecule has 2 rings (SSSR count). The predicted molar refractivity (Wildman–Crippen MR) is 70.1 cm³/mol. The molecule has 0 spiro atoms. The molecule has 20 heavy (non-hydrogen) atoms. The van der Waals surface area contributed by atoms with Crippen molar-refractivity contribution in [1.29, 1.82) is 0 Å². The first kappa shape index (κ1) is 13.8. The largest absolute Gasteiger partial charge is 0.453 e. The number of aryl methyl sites for hydroxylation is 1. The molecule has 0 atom stereocenters. The third-order valence-electron chi connectivity index (χ3n) is 2.70. The van der Waals surface area contributed by atoms with Gasteiger partial charge in [-0.3, -0.25) is 0 Å². The number of hydrogen-bond acceptors (Lipinski definition) is 3. The first-order chi connectivity index (χ1) is 9.52. The van der Waals surface area contributed by atoms with Crippen LogP contribution in [0.5, 0.6) is 11.5 Å². The SMILES string of the molecule is Cc1cccc(Oc2ccc(F)cc2/C(N)=N/O)c1F. The van der Waals surface area contributed by atoms with Crippen LogP contribution in [-0.2, 0) is 0 Å². The first-order valence-corrected chi connectivity index (χ1v) is 5.73. The van der Waals surface area contributed by atoms with Crippen LogP contribution in [0.2, 0.25) is 0 Å². The number of rotatable bonds is 3. The molecule has 2 aromatic rings. The summed E-state index contributed by atoms with van der Waals surface area (Å²) in [4.78, 5) is 0. The topological polar surface area (TPSA) is 67.8 Å². The maximum atomic E-state index is 13.9. The number of benzene rings is 2. The van der Waals surface area contributed by atoms with Gasteiger partial charge in [0.05, 0.1) is 5.56 Å². The number of oxime groups is 1. The van der Waals surface area contributed by atoms with E-state index in [1.165, 1.54) is 12.1 Å². The predicted octanol–water partition coefficient (Wildman–Crippen LogP) is 3.16. The Morgan fingerprint density at radius 2 is 1.95 bits per heavy atom. The van der Waals surface area contributed by atoms with Crippen LogP contribution in [0.3, 0.4) is 0 Å². The van der Waals surface area contributed by atoms with Crippen molar-refractivity contribution in [3.05, 3.63) is 59.2 Å². The zero-order valence-electron chi connectivity index (χ0n) is 10.6. The van der Waals surface area contributed by atoms with Gasteiger partial charge in [-0.1, -0.05) is 17.3 Å². The summed E-state index contributed by atoms with van der Waals surface area (Å²) < 4.78 is 32.5. The lowest BCUT2D eigenvalue weighted by Crippen LogP contribution is -2.14. The van der Waals surface area contributed by atoms with E-state index in [0.717, 1.165) is 12.1 Å². The summed E-state index contributed by atoms with van der Waals surface area (Å²) in [6, 6.07) is 8.11. The summed E-state index contributed by atoms with van der Waals surface area (Å²) in [5.74, 6) is -1.37. The van der Waals surface area contributed by atoms with Crippen molar-refractivity contribution >= 4 is 5.84 Å². The number of hydrogen-bond donors (Lipinski definition) is 2. The Kier molecular flexibility index (Phi) is 3.84. The molecule has 0 heterocycles. The van der Waals surface area contributed by atoms with Crippen LogP contribution < -0.4 is 10.5 Å². The minimum absolute atomic E-state index is 0.0244. The number of nitrogens with zero attached hydrogens (tertiary/aromatic N) is 1. The second-order valence-corrected chi connectivity index (χ2v) is 4.11. The van der Waals surface area contributed by atoms with E-state index >= 15 is 0 Å². The van der Waals surface area contributed by atoms with Gasteiger partial charge in [-0.2, -0.15) is 0 Å². The van der Waals surface area contributed by atoms with Crippen LogP contribution in [0, 0.1) is 18.6 Å². The molecule has 0 aliphatic carbocycles. The van der Waals surface area contributed by atoms with Gasteiger partial charge in [0.1, 0.15) is 11.6 Å². The van der Waals surface area contributed by atoms with Crippen molar-refractivity contribution in [2.75, 3.05) is 0 Å². The van der Waals surface area contributed by atoms with E-state index in [2.05, 4.69) is 5.16 Å². The standard InChI is InChI=1S/C14H12F2N2O2/c1-8-3-2-4-12(13(8)16)20-11-6-5-9(15)7-10(11)14(17)18-19/h2-7,19H,1H3,(H2,17,18). The maximum Gasteiger partial charge on any atom is 0.173 e. The Balaban J connectivity index is 2.46. The van der Waals surface area contributed by atoms with E-state index in [1.807, 2.05) is 0 Å². The third-order valence-corrected chi connectivity index (χ3v) is 2.70. The van der Waals surface area contributed by atoms with Gasteiger partial charge >= 0.3 is 0 Å². The maximum absolute atomic E-state index is 13.9. The van der Waals surface area contributed by atoms with E-state index < -0.39 is 11.6 Å². The molecule has 0 amide bonds. The van der Waals surface area contributed by atoms with Crippen molar-refractivity contribution in [1.82, 2.24) is 0 Å². The molecule has 2 aromatic carbocycles. The van der Waals surface area contributed by atoms with Crippen molar-refractivity contribution in [3.63, 3.8) is 0 Å². The Hall–Kier alpha value is -2.63. The zero-order valence-corrected chi connectivity index (χ0v) is 10.6. The molecule has 0 aromatic heterocycles. The summed E-state index contributed by atoms with van der Waals surface area (Å²) in [6.07, 6.45) is 0. The molecule has 0 saturated carbocycles. The van der Waals surface area contributed by atoms with Crippen LogP contribution in [0.1, 0.15) is 11.1 Å². The first-order valence-electron chi connectivity index (χ1n) is 5.73. The lowest BCUT2D eigenvalue weighted by molar-refractivity contribution is 0.318. The van der Waals surface area contributed by atoms with Crippen LogP contribution in [0.4, 0.5) is 8.78 Å². The van der Waals surface area contributed by atoms with Gasteiger partial charge in [0, 0.05) is 0 Å². The average Bonchev–Trinajstić information content (AvgIpc) is 2.44. The van der Waals surface area contributed by atoms with E-state index in [4.69, 9.17) is 15.7 Å². The summed E-state index contributed by atoms with van der Waals surface area (Å²) in [5.41, 5.74) is 5.89. The highest BCUT2D eigenvalue weighted by molar-refractivity contribution is 5.99. The summed E-state index contributed by atoms with van der Waals surface area (Å²) in [6.45, 7) is 1.59. The normalized spacial score (nSPS) is 11.4. The number of halogens is 2. The average molecular weight is 278 g/mol. The summed E-state index contributed by atoms with van der Waals surface area (Å²) >= 11 is 0. The van der Waals surface area contributed by atoms with Crippen molar-refractivity contribution in [2.24, 2.45) is 10.9 Å². The zero-order chi connectivity index (χ0) is 14.7. The Morgan fingerprint density at radius 1 is 1.20 bits per heavy atom. The number of nitrogens with two attached hydrogens (primary N) is 1. The number of ether oxygens (including phenoxy) is 1. The molecule has 0 bridgehead atoms. The minimum Gasteiger partial charge on any atom is -0.453 e. The van der Waals surface area contributed by atoms with Crippen LogP contribution in [0.15, 0.2) is 41.6 Å². The molecule has 6 heteroatoms. The molecule has 0 unspecified atom stereocenters. The Labute approximate surface area is 114 Å². The van der Waals surface area contributed by atoms with Crippen LogP contribution >= 0.6 is 0 Å². The second kappa shape index (κ2) is 5.56. The van der Waals surface area contributed by atoms with Crippen molar-refractivity contribution in [2.45, 2.75) is 6.92 Å². The lowest BCUT2D eigenvalue weighted by atomic mass is 10.1. The van der Waals surface area contributed by atoms with Gasteiger partial charge in [-0.25, -0.2) is 8.78 Å². The smallest absolute Gasteiger partial charge is 0.173 e. The fourth-order valence-electron chi connectivity index (χ4n) is 1.66. The summed E-state index contributed by atoms with van der Waals surface area (Å²) in [5, 5.41) is 11.5. The second-order valence-electron chi connectivity index (χ2n) is 4.11.